The second kappa shape index (κ2) is 10.6. The Morgan fingerprint density at radius 1 is 1.07 bits per heavy atom. The number of hydrogen-bond donors (Lipinski definition) is 1. The molecule has 0 saturated carbocycles. The van der Waals surface area contributed by atoms with Crippen LogP contribution in [0.25, 0.3) is 0 Å². The van der Waals surface area contributed by atoms with Gasteiger partial charge in [-0.2, -0.15) is 0 Å². The van der Waals surface area contributed by atoms with Crippen LogP contribution < -0.4 is 10.1 Å². The lowest BCUT2D eigenvalue weighted by Gasteiger charge is -2.31. The summed E-state index contributed by atoms with van der Waals surface area (Å²) in [5, 5.41) is 2.96. The summed E-state index contributed by atoms with van der Waals surface area (Å²) in [5.74, 6) is 0.248. The van der Waals surface area contributed by atoms with Gasteiger partial charge in [0.15, 0.2) is 6.61 Å². The first kappa shape index (κ1) is 23.2. The molecule has 0 spiro atoms. The summed E-state index contributed by atoms with van der Waals surface area (Å²) in [6.45, 7) is 7.86. The summed E-state index contributed by atoms with van der Waals surface area (Å²) in [4.78, 5) is 27.2. The molecule has 0 aliphatic carbocycles. The molecular weight excluding hydrogens is 479 g/mol. The van der Waals surface area contributed by atoms with Crippen LogP contribution in [0.5, 0.6) is 5.75 Å². The van der Waals surface area contributed by atoms with Crippen molar-refractivity contribution in [3.8, 4) is 5.75 Å². The highest BCUT2D eigenvalue weighted by Gasteiger charge is 2.28. The summed E-state index contributed by atoms with van der Waals surface area (Å²) >= 11 is 2.22. The van der Waals surface area contributed by atoms with E-state index in [2.05, 4.69) is 27.9 Å². The molecular formula is C23H29IN2O3. The molecule has 0 aliphatic rings. The van der Waals surface area contributed by atoms with Crippen LogP contribution in [-0.2, 0) is 16.0 Å². The molecule has 0 unspecified atom stereocenters. The smallest absolute Gasteiger partial charge is 0.261 e. The summed E-state index contributed by atoms with van der Waals surface area (Å²) in [7, 11) is 0. The molecule has 0 heterocycles. The van der Waals surface area contributed by atoms with Crippen LogP contribution in [0.1, 0.15) is 33.3 Å². The molecule has 0 aliphatic heterocycles. The molecule has 29 heavy (non-hydrogen) atoms. The molecule has 5 nitrogen and oxygen atoms in total. The predicted octanol–water partition coefficient (Wildman–Crippen LogP) is 4.04. The number of halogens is 1. The molecule has 156 valence electrons. The highest BCUT2D eigenvalue weighted by molar-refractivity contribution is 14.1. The molecule has 0 saturated heterocycles. The maximum atomic E-state index is 12.9. The number of hydrogen-bond acceptors (Lipinski definition) is 3. The number of nitrogens with zero attached hydrogens (tertiary/aromatic N) is 1. The third-order valence-electron chi connectivity index (χ3n) is 4.33. The Kier molecular flexibility index (Phi) is 8.49. The van der Waals surface area contributed by atoms with Crippen molar-refractivity contribution in [3.05, 3.63) is 63.7 Å². The Bertz CT molecular complexity index is 801. The van der Waals surface area contributed by atoms with E-state index in [0.717, 1.165) is 9.13 Å². The fourth-order valence-corrected chi connectivity index (χ4v) is 3.16. The summed E-state index contributed by atoms with van der Waals surface area (Å²) < 4.78 is 6.76. The monoisotopic (exact) mass is 508 g/mol. The SMILES string of the molecule is C[C@@H](C(=O)NC(C)(C)C)N(CCc1ccccc1)C(=O)COc1ccc(I)cc1. The van der Waals surface area contributed by atoms with Gasteiger partial charge in [-0.1, -0.05) is 30.3 Å². The zero-order chi connectivity index (χ0) is 21.4. The van der Waals surface area contributed by atoms with Crippen molar-refractivity contribution in [2.24, 2.45) is 0 Å². The second-order valence-corrected chi connectivity index (χ2v) is 9.23. The number of carbonyl (C=O) groups excluding carboxylic acids is 2. The average molecular weight is 508 g/mol. The van der Waals surface area contributed by atoms with Gasteiger partial charge in [0.1, 0.15) is 11.8 Å². The normalized spacial score (nSPS) is 12.2. The lowest BCUT2D eigenvalue weighted by Crippen LogP contribution is -2.53. The standard InChI is InChI=1S/C23H29IN2O3/c1-17(22(28)25-23(2,3)4)26(15-14-18-8-6-5-7-9-18)21(27)16-29-20-12-10-19(24)11-13-20/h5-13,17H,14-16H2,1-4H3,(H,25,28)/t17-/m0/s1. The zero-order valence-corrected chi connectivity index (χ0v) is 19.6. The molecule has 2 rings (SSSR count). The van der Waals surface area contributed by atoms with E-state index in [-0.39, 0.29) is 24.0 Å². The van der Waals surface area contributed by atoms with Crippen LogP contribution >= 0.6 is 22.6 Å². The number of ether oxygens (including phenoxy) is 1. The van der Waals surface area contributed by atoms with E-state index in [4.69, 9.17) is 4.74 Å². The molecule has 0 bridgehead atoms. The van der Waals surface area contributed by atoms with Gasteiger partial charge in [0, 0.05) is 15.7 Å². The van der Waals surface area contributed by atoms with Crippen molar-refractivity contribution < 1.29 is 14.3 Å². The van der Waals surface area contributed by atoms with Crippen molar-refractivity contribution in [1.29, 1.82) is 0 Å². The van der Waals surface area contributed by atoms with Gasteiger partial charge in [0.25, 0.3) is 5.91 Å². The van der Waals surface area contributed by atoms with Crippen LogP contribution in [0, 0.1) is 3.57 Å². The van der Waals surface area contributed by atoms with Crippen LogP contribution in [0.3, 0.4) is 0 Å². The quantitative estimate of drug-likeness (QED) is 0.548. The molecule has 1 atom stereocenters. The Morgan fingerprint density at radius 2 is 1.69 bits per heavy atom. The Labute approximate surface area is 187 Å². The van der Waals surface area contributed by atoms with E-state index in [0.29, 0.717) is 18.7 Å². The average Bonchev–Trinajstić information content (AvgIpc) is 2.67. The van der Waals surface area contributed by atoms with E-state index in [1.165, 1.54) is 0 Å². The van der Waals surface area contributed by atoms with Crippen LogP contribution in [0.15, 0.2) is 54.6 Å². The van der Waals surface area contributed by atoms with E-state index < -0.39 is 6.04 Å². The predicted molar refractivity (Wildman–Crippen MR) is 124 cm³/mol. The van der Waals surface area contributed by atoms with Gasteiger partial charge in [-0.05, 0) is 86.5 Å². The van der Waals surface area contributed by atoms with Gasteiger partial charge in [-0.15, -0.1) is 0 Å². The number of nitrogens with one attached hydrogen (secondary N) is 1. The highest BCUT2D eigenvalue weighted by Crippen LogP contribution is 2.14. The highest BCUT2D eigenvalue weighted by atomic mass is 127. The van der Waals surface area contributed by atoms with Crippen LogP contribution in [0.2, 0.25) is 0 Å². The molecule has 0 aromatic heterocycles. The molecule has 0 fully saturated rings. The number of amides is 2. The van der Waals surface area contributed by atoms with Gasteiger partial charge in [-0.3, -0.25) is 9.59 Å². The molecule has 2 aromatic carbocycles. The fourth-order valence-electron chi connectivity index (χ4n) is 2.80. The molecule has 2 aromatic rings. The zero-order valence-electron chi connectivity index (χ0n) is 17.4. The van der Waals surface area contributed by atoms with Gasteiger partial charge in [-0.25, -0.2) is 0 Å². The minimum atomic E-state index is -0.592. The Balaban J connectivity index is 2.07. The Morgan fingerprint density at radius 3 is 2.28 bits per heavy atom. The van der Waals surface area contributed by atoms with Gasteiger partial charge in [0.2, 0.25) is 5.91 Å². The van der Waals surface area contributed by atoms with E-state index in [1.807, 2.05) is 75.4 Å². The van der Waals surface area contributed by atoms with E-state index >= 15 is 0 Å². The number of rotatable bonds is 8. The first-order valence-corrected chi connectivity index (χ1v) is 10.8. The van der Waals surface area contributed by atoms with Gasteiger partial charge >= 0.3 is 0 Å². The lowest BCUT2D eigenvalue weighted by atomic mass is 10.1. The van der Waals surface area contributed by atoms with E-state index in [9.17, 15) is 9.59 Å². The van der Waals surface area contributed by atoms with Crippen LogP contribution in [-0.4, -0.2) is 41.4 Å². The maximum absolute atomic E-state index is 12.9. The van der Waals surface area contributed by atoms with Crippen molar-refractivity contribution in [3.63, 3.8) is 0 Å². The topological polar surface area (TPSA) is 58.6 Å². The maximum Gasteiger partial charge on any atom is 0.261 e. The third-order valence-corrected chi connectivity index (χ3v) is 5.04. The van der Waals surface area contributed by atoms with Crippen molar-refractivity contribution in [1.82, 2.24) is 10.2 Å². The fraction of sp³-hybridized carbons (Fsp3) is 0.391. The number of benzene rings is 2. The molecule has 2 amide bonds. The van der Waals surface area contributed by atoms with Gasteiger partial charge < -0.3 is 15.0 Å². The first-order valence-electron chi connectivity index (χ1n) is 9.69. The van der Waals surface area contributed by atoms with Crippen LogP contribution in [0.4, 0.5) is 0 Å². The lowest BCUT2D eigenvalue weighted by molar-refractivity contribution is -0.142. The molecule has 1 N–H and O–H groups in total. The molecule has 0 radical (unpaired) electrons. The van der Waals surface area contributed by atoms with Crippen molar-refractivity contribution >= 4 is 34.4 Å². The van der Waals surface area contributed by atoms with Gasteiger partial charge in [0.05, 0.1) is 0 Å². The number of carbonyl (C=O) groups is 2. The van der Waals surface area contributed by atoms with E-state index in [1.54, 1.807) is 11.8 Å². The largest absolute Gasteiger partial charge is 0.484 e. The summed E-state index contributed by atoms with van der Waals surface area (Å²) in [6, 6.07) is 16.9. The minimum Gasteiger partial charge on any atom is -0.484 e. The second-order valence-electron chi connectivity index (χ2n) is 7.98. The molecule has 6 heteroatoms. The first-order chi connectivity index (χ1) is 13.7. The summed E-state index contributed by atoms with van der Waals surface area (Å²) in [6.07, 6.45) is 0.670. The Hall–Kier alpha value is -2.09. The van der Waals surface area contributed by atoms with Crippen molar-refractivity contribution in [2.45, 2.75) is 45.7 Å². The minimum absolute atomic E-state index is 0.109. The van der Waals surface area contributed by atoms with Crippen molar-refractivity contribution in [2.75, 3.05) is 13.2 Å². The summed E-state index contributed by atoms with van der Waals surface area (Å²) in [5.41, 5.74) is 0.754. The third kappa shape index (κ3) is 8.04.